The normalized spacial score (nSPS) is 12.6. The summed E-state index contributed by atoms with van der Waals surface area (Å²) in [4.78, 5) is 16.5. The van der Waals surface area contributed by atoms with Gasteiger partial charge < -0.3 is 9.88 Å². The monoisotopic (exact) mass is 366 g/mol. The highest BCUT2D eigenvalue weighted by Crippen LogP contribution is 2.21. The highest BCUT2D eigenvalue weighted by atomic mass is 16.2. The van der Waals surface area contributed by atoms with Gasteiger partial charge in [-0.3, -0.25) is 10.00 Å². The second-order valence-electron chi connectivity index (χ2n) is 7.66. The van der Waals surface area contributed by atoms with Crippen molar-refractivity contribution in [2.24, 2.45) is 5.41 Å². The first-order valence-electron chi connectivity index (χ1n) is 9.01. The number of hydrogen-bond donors (Lipinski definition) is 2. The van der Waals surface area contributed by atoms with Crippen molar-refractivity contribution in [1.82, 2.24) is 24.6 Å². The van der Waals surface area contributed by atoms with Crippen LogP contribution in [0.15, 0.2) is 61.3 Å². The number of imidazole rings is 1. The van der Waals surface area contributed by atoms with Gasteiger partial charge in [-0.1, -0.05) is 51.1 Å². The van der Waals surface area contributed by atoms with Crippen LogP contribution in [-0.2, 0) is 13.1 Å². The molecular weight excluding hydrogens is 340 g/mol. The Hall–Kier alpha value is -3.09. The predicted octanol–water partition coefficient (Wildman–Crippen LogP) is 3.36. The smallest absolute Gasteiger partial charge is 0.320 e. The first-order chi connectivity index (χ1) is 12.9. The van der Waals surface area contributed by atoms with Crippen LogP contribution in [0.1, 0.15) is 26.3 Å². The Bertz CT molecular complexity index is 848. The molecule has 0 fully saturated rings. The van der Waals surface area contributed by atoms with Crippen molar-refractivity contribution in [2.45, 2.75) is 39.9 Å². The van der Waals surface area contributed by atoms with Gasteiger partial charge in [-0.2, -0.15) is 5.10 Å². The quantitative estimate of drug-likeness (QED) is 0.702. The van der Waals surface area contributed by atoms with Crippen LogP contribution >= 0.6 is 0 Å². The summed E-state index contributed by atoms with van der Waals surface area (Å²) in [7, 11) is 0. The van der Waals surface area contributed by atoms with Gasteiger partial charge in [-0.05, 0) is 11.0 Å². The van der Waals surface area contributed by atoms with Gasteiger partial charge in [0.1, 0.15) is 0 Å². The molecule has 0 aliphatic carbocycles. The summed E-state index contributed by atoms with van der Waals surface area (Å²) in [5, 5.41) is 10.3. The fourth-order valence-electron chi connectivity index (χ4n) is 2.74. The van der Waals surface area contributed by atoms with Gasteiger partial charge in [0.05, 0.1) is 18.9 Å². The summed E-state index contributed by atoms with van der Waals surface area (Å²) in [5.74, 6) is 0.527. The van der Waals surface area contributed by atoms with E-state index in [1.54, 1.807) is 23.3 Å². The van der Waals surface area contributed by atoms with E-state index >= 15 is 0 Å². The molecular formula is C20H26N6O. The van der Waals surface area contributed by atoms with Crippen molar-refractivity contribution in [3.8, 4) is 0 Å². The minimum absolute atomic E-state index is 0.0573. The predicted molar refractivity (Wildman–Crippen MR) is 105 cm³/mol. The molecule has 0 aliphatic heterocycles. The number of carbonyl (C=O) groups is 1. The molecule has 2 N–H and O–H groups in total. The Labute approximate surface area is 159 Å². The van der Waals surface area contributed by atoms with E-state index in [1.807, 2.05) is 47.3 Å². The molecule has 27 heavy (non-hydrogen) atoms. The molecule has 0 aliphatic rings. The van der Waals surface area contributed by atoms with Crippen molar-refractivity contribution in [3.63, 3.8) is 0 Å². The summed E-state index contributed by atoms with van der Waals surface area (Å²) in [6.07, 6.45) is 7.24. The first kappa shape index (κ1) is 18.7. The highest BCUT2D eigenvalue weighted by Gasteiger charge is 2.26. The molecule has 3 aromatic rings. The van der Waals surface area contributed by atoms with Crippen molar-refractivity contribution in [3.05, 3.63) is 66.9 Å². The third kappa shape index (κ3) is 5.44. The number of amides is 2. The molecule has 142 valence electrons. The van der Waals surface area contributed by atoms with Crippen LogP contribution in [0.3, 0.4) is 0 Å². The van der Waals surface area contributed by atoms with Crippen LogP contribution in [0, 0.1) is 5.41 Å². The van der Waals surface area contributed by atoms with Crippen molar-refractivity contribution >= 4 is 11.8 Å². The summed E-state index contributed by atoms with van der Waals surface area (Å²) in [6.45, 7) is 7.62. The number of nitrogens with one attached hydrogen (secondary N) is 2. The third-order valence-corrected chi connectivity index (χ3v) is 4.37. The van der Waals surface area contributed by atoms with Crippen molar-refractivity contribution in [2.75, 3.05) is 5.32 Å². The molecule has 0 spiro atoms. The molecule has 0 bridgehead atoms. The Morgan fingerprint density at radius 1 is 1.15 bits per heavy atom. The van der Waals surface area contributed by atoms with E-state index < -0.39 is 0 Å². The molecule has 3 rings (SSSR count). The van der Waals surface area contributed by atoms with Crippen LogP contribution in [0.2, 0.25) is 0 Å². The molecule has 0 saturated carbocycles. The van der Waals surface area contributed by atoms with Gasteiger partial charge in [-0.25, -0.2) is 9.78 Å². The Morgan fingerprint density at radius 2 is 1.93 bits per heavy atom. The number of benzene rings is 1. The van der Waals surface area contributed by atoms with Gasteiger partial charge in [0, 0.05) is 31.2 Å². The summed E-state index contributed by atoms with van der Waals surface area (Å²) in [6, 6.07) is 11.6. The summed E-state index contributed by atoms with van der Waals surface area (Å²) >= 11 is 0. The maximum Gasteiger partial charge on any atom is 0.320 e. The maximum atomic E-state index is 12.5. The molecule has 0 saturated heterocycles. The molecule has 1 aromatic carbocycles. The largest absolute Gasteiger partial charge is 0.335 e. The van der Waals surface area contributed by atoms with Gasteiger partial charge in [0.15, 0.2) is 5.82 Å². The second kappa shape index (κ2) is 8.07. The first-order valence-corrected chi connectivity index (χ1v) is 9.01. The lowest BCUT2D eigenvalue weighted by atomic mass is 9.86. The lowest BCUT2D eigenvalue weighted by Gasteiger charge is -2.31. The average molecular weight is 366 g/mol. The second-order valence-corrected chi connectivity index (χ2v) is 7.66. The Morgan fingerprint density at radius 3 is 2.59 bits per heavy atom. The molecule has 2 heterocycles. The van der Waals surface area contributed by atoms with Crippen LogP contribution in [-0.4, -0.2) is 31.4 Å². The average Bonchev–Trinajstić information content (AvgIpc) is 3.26. The molecule has 2 aromatic heterocycles. The van der Waals surface area contributed by atoms with Crippen LogP contribution in [0.4, 0.5) is 10.6 Å². The number of urea groups is 1. The standard InChI is InChI=1S/C20H26N6O/c1-20(2,3)17(14-25-12-10-21-15-25)22-19(27)23-18-9-11-26(24-18)13-16-7-5-4-6-8-16/h4-12,15,17H,13-14H2,1-3H3,(H2,22,23,24,27). The molecule has 0 radical (unpaired) electrons. The van der Waals surface area contributed by atoms with E-state index in [2.05, 4.69) is 41.5 Å². The van der Waals surface area contributed by atoms with Gasteiger partial charge in [0.25, 0.3) is 0 Å². The van der Waals surface area contributed by atoms with Crippen LogP contribution in [0.5, 0.6) is 0 Å². The fourth-order valence-corrected chi connectivity index (χ4v) is 2.74. The zero-order chi connectivity index (χ0) is 19.3. The van der Waals surface area contributed by atoms with E-state index in [9.17, 15) is 4.79 Å². The van der Waals surface area contributed by atoms with Gasteiger partial charge in [-0.15, -0.1) is 0 Å². The molecule has 1 unspecified atom stereocenters. The topological polar surface area (TPSA) is 76.8 Å². The number of hydrogen-bond acceptors (Lipinski definition) is 3. The number of anilines is 1. The summed E-state index contributed by atoms with van der Waals surface area (Å²) < 4.78 is 3.77. The Kier molecular flexibility index (Phi) is 5.59. The number of carbonyl (C=O) groups excluding carboxylic acids is 1. The lowest BCUT2D eigenvalue weighted by molar-refractivity contribution is 0.218. The molecule has 1 atom stereocenters. The van der Waals surface area contributed by atoms with Crippen molar-refractivity contribution < 1.29 is 4.79 Å². The van der Waals surface area contributed by atoms with E-state index in [-0.39, 0.29) is 17.5 Å². The van der Waals surface area contributed by atoms with E-state index in [1.165, 1.54) is 0 Å². The van der Waals surface area contributed by atoms with E-state index in [0.29, 0.717) is 18.9 Å². The van der Waals surface area contributed by atoms with E-state index in [0.717, 1.165) is 5.56 Å². The third-order valence-electron chi connectivity index (χ3n) is 4.37. The van der Waals surface area contributed by atoms with Gasteiger partial charge >= 0.3 is 6.03 Å². The molecule has 2 amide bonds. The Balaban J connectivity index is 1.59. The van der Waals surface area contributed by atoms with Crippen LogP contribution in [0.25, 0.3) is 0 Å². The van der Waals surface area contributed by atoms with Crippen LogP contribution < -0.4 is 10.6 Å². The summed E-state index contributed by atoms with van der Waals surface area (Å²) in [5.41, 5.74) is 1.05. The minimum Gasteiger partial charge on any atom is -0.335 e. The lowest BCUT2D eigenvalue weighted by Crippen LogP contribution is -2.47. The number of rotatable bonds is 6. The van der Waals surface area contributed by atoms with Gasteiger partial charge in [0.2, 0.25) is 0 Å². The molecule has 7 heteroatoms. The number of aromatic nitrogens is 4. The highest BCUT2D eigenvalue weighted by molar-refractivity contribution is 5.88. The van der Waals surface area contributed by atoms with E-state index in [4.69, 9.17) is 0 Å². The zero-order valence-electron chi connectivity index (χ0n) is 16.0. The molecule has 7 nitrogen and oxygen atoms in total. The SMILES string of the molecule is CC(C)(C)C(Cn1ccnc1)NC(=O)Nc1ccn(Cc2ccccc2)n1. The van der Waals surface area contributed by atoms with Crippen molar-refractivity contribution in [1.29, 1.82) is 0 Å². The number of nitrogens with zero attached hydrogens (tertiary/aromatic N) is 4. The minimum atomic E-state index is -0.264. The maximum absolute atomic E-state index is 12.5. The zero-order valence-corrected chi connectivity index (χ0v) is 16.0. The fraction of sp³-hybridized carbons (Fsp3) is 0.350.